The largest absolute Gasteiger partial charge is 0.306 e. The molecule has 2 aromatic heterocycles. The van der Waals surface area contributed by atoms with Crippen LogP contribution in [-0.4, -0.2) is 9.97 Å². The summed E-state index contributed by atoms with van der Waals surface area (Å²) < 4.78 is 13.0. The standard InChI is InChI=1S/C13H14FN3/c1-10(12-5-13(14)9-16-8-12)17-7-11-3-2-4-15-6-11/h2-6,8-10,17H,7H2,1H3. The number of hydrogen-bond donors (Lipinski definition) is 1. The van der Waals surface area contributed by atoms with E-state index in [0.29, 0.717) is 6.54 Å². The van der Waals surface area contributed by atoms with E-state index in [2.05, 4.69) is 15.3 Å². The third kappa shape index (κ3) is 3.32. The van der Waals surface area contributed by atoms with Gasteiger partial charge in [-0.1, -0.05) is 6.07 Å². The van der Waals surface area contributed by atoms with Gasteiger partial charge in [-0.15, -0.1) is 0 Å². The minimum atomic E-state index is -0.308. The van der Waals surface area contributed by atoms with Gasteiger partial charge in [0.05, 0.1) is 6.20 Å². The minimum Gasteiger partial charge on any atom is -0.306 e. The van der Waals surface area contributed by atoms with Crippen LogP contribution in [0.4, 0.5) is 4.39 Å². The van der Waals surface area contributed by atoms with Crippen molar-refractivity contribution in [1.29, 1.82) is 0 Å². The van der Waals surface area contributed by atoms with Crippen LogP contribution in [0.15, 0.2) is 43.0 Å². The quantitative estimate of drug-likeness (QED) is 0.878. The Balaban J connectivity index is 1.96. The molecule has 1 unspecified atom stereocenters. The van der Waals surface area contributed by atoms with Gasteiger partial charge >= 0.3 is 0 Å². The maximum absolute atomic E-state index is 13.0. The summed E-state index contributed by atoms with van der Waals surface area (Å²) in [6.45, 7) is 2.68. The fourth-order valence-corrected chi connectivity index (χ4v) is 1.56. The summed E-state index contributed by atoms with van der Waals surface area (Å²) >= 11 is 0. The maximum Gasteiger partial charge on any atom is 0.141 e. The third-order valence-corrected chi connectivity index (χ3v) is 2.56. The van der Waals surface area contributed by atoms with Crippen molar-refractivity contribution in [2.75, 3.05) is 0 Å². The molecule has 0 amide bonds. The molecule has 88 valence electrons. The first-order valence-corrected chi connectivity index (χ1v) is 5.48. The zero-order valence-electron chi connectivity index (χ0n) is 9.60. The first-order valence-electron chi connectivity index (χ1n) is 5.48. The Hall–Kier alpha value is -1.81. The van der Waals surface area contributed by atoms with E-state index < -0.39 is 0 Å². The van der Waals surface area contributed by atoms with E-state index in [4.69, 9.17) is 0 Å². The van der Waals surface area contributed by atoms with Crippen LogP contribution in [0.2, 0.25) is 0 Å². The fraction of sp³-hybridized carbons (Fsp3) is 0.231. The van der Waals surface area contributed by atoms with Gasteiger partial charge in [-0.25, -0.2) is 4.39 Å². The summed E-state index contributed by atoms with van der Waals surface area (Å²) in [5, 5.41) is 3.30. The van der Waals surface area contributed by atoms with Crippen LogP contribution in [0.3, 0.4) is 0 Å². The van der Waals surface area contributed by atoms with Gasteiger partial charge in [0.15, 0.2) is 0 Å². The molecule has 0 aliphatic carbocycles. The van der Waals surface area contributed by atoms with Gasteiger partial charge in [0.25, 0.3) is 0 Å². The van der Waals surface area contributed by atoms with E-state index in [1.54, 1.807) is 12.4 Å². The summed E-state index contributed by atoms with van der Waals surface area (Å²) in [6.07, 6.45) is 6.42. The lowest BCUT2D eigenvalue weighted by molar-refractivity contribution is 0.560. The summed E-state index contributed by atoms with van der Waals surface area (Å²) in [5.74, 6) is -0.308. The first-order chi connectivity index (χ1) is 8.25. The first kappa shape index (κ1) is 11.7. The van der Waals surface area contributed by atoms with Crippen LogP contribution in [0.1, 0.15) is 24.1 Å². The van der Waals surface area contributed by atoms with Crippen molar-refractivity contribution in [1.82, 2.24) is 15.3 Å². The molecule has 0 aliphatic rings. The zero-order valence-corrected chi connectivity index (χ0v) is 9.60. The summed E-state index contributed by atoms with van der Waals surface area (Å²) in [7, 11) is 0. The predicted molar refractivity (Wildman–Crippen MR) is 63.7 cm³/mol. The second kappa shape index (κ2) is 5.50. The second-order valence-electron chi connectivity index (χ2n) is 3.90. The van der Waals surface area contributed by atoms with Gasteiger partial charge in [0.2, 0.25) is 0 Å². The minimum absolute atomic E-state index is 0.0541. The third-order valence-electron chi connectivity index (χ3n) is 2.56. The van der Waals surface area contributed by atoms with Gasteiger partial charge in [-0.05, 0) is 30.2 Å². The van der Waals surface area contributed by atoms with Crippen molar-refractivity contribution in [2.45, 2.75) is 19.5 Å². The number of nitrogens with zero attached hydrogens (tertiary/aromatic N) is 2. The van der Waals surface area contributed by atoms with Crippen molar-refractivity contribution in [3.05, 3.63) is 59.9 Å². The number of halogens is 1. The van der Waals surface area contributed by atoms with E-state index in [0.717, 1.165) is 11.1 Å². The van der Waals surface area contributed by atoms with Crippen LogP contribution in [0.25, 0.3) is 0 Å². The summed E-state index contributed by atoms with van der Waals surface area (Å²) in [4.78, 5) is 7.87. The van der Waals surface area contributed by atoms with Gasteiger partial charge in [0, 0.05) is 31.2 Å². The molecule has 0 saturated carbocycles. The van der Waals surface area contributed by atoms with E-state index in [1.165, 1.54) is 12.3 Å². The second-order valence-corrected chi connectivity index (χ2v) is 3.90. The lowest BCUT2D eigenvalue weighted by atomic mass is 10.1. The van der Waals surface area contributed by atoms with Gasteiger partial charge < -0.3 is 5.32 Å². The average Bonchev–Trinajstić information content (AvgIpc) is 2.37. The molecule has 0 bridgehead atoms. The topological polar surface area (TPSA) is 37.8 Å². The predicted octanol–water partition coefficient (Wildman–Crippen LogP) is 2.47. The van der Waals surface area contributed by atoms with Crippen molar-refractivity contribution < 1.29 is 4.39 Å². The number of hydrogen-bond acceptors (Lipinski definition) is 3. The summed E-state index contributed by atoms with van der Waals surface area (Å²) in [5.41, 5.74) is 1.94. The molecule has 3 nitrogen and oxygen atoms in total. The van der Waals surface area contributed by atoms with E-state index >= 15 is 0 Å². The highest BCUT2D eigenvalue weighted by Gasteiger charge is 2.06. The van der Waals surface area contributed by atoms with Crippen LogP contribution in [0.5, 0.6) is 0 Å². The monoisotopic (exact) mass is 231 g/mol. The normalized spacial score (nSPS) is 12.4. The Bertz CT molecular complexity index is 473. The Kier molecular flexibility index (Phi) is 3.77. The van der Waals surface area contributed by atoms with Crippen LogP contribution >= 0.6 is 0 Å². The van der Waals surface area contributed by atoms with Crippen molar-refractivity contribution in [3.63, 3.8) is 0 Å². The maximum atomic E-state index is 13.0. The van der Waals surface area contributed by atoms with Crippen molar-refractivity contribution in [3.8, 4) is 0 Å². The lowest BCUT2D eigenvalue weighted by Gasteiger charge is -2.13. The number of pyridine rings is 2. The molecule has 0 saturated heterocycles. The highest BCUT2D eigenvalue weighted by atomic mass is 19.1. The van der Waals surface area contributed by atoms with E-state index in [-0.39, 0.29) is 11.9 Å². The molecule has 17 heavy (non-hydrogen) atoms. The Morgan fingerprint density at radius 2 is 2.18 bits per heavy atom. The van der Waals surface area contributed by atoms with Crippen molar-refractivity contribution >= 4 is 0 Å². The van der Waals surface area contributed by atoms with E-state index in [1.807, 2.05) is 25.3 Å². The Morgan fingerprint density at radius 1 is 1.29 bits per heavy atom. The number of aromatic nitrogens is 2. The van der Waals surface area contributed by atoms with Crippen molar-refractivity contribution in [2.24, 2.45) is 0 Å². The number of rotatable bonds is 4. The SMILES string of the molecule is CC(NCc1cccnc1)c1cncc(F)c1. The van der Waals surface area contributed by atoms with Crippen LogP contribution < -0.4 is 5.32 Å². The molecule has 0 spiro atoms. The van der Waals surface area contributed by atoms with E-state index in [9.17, 15) is 4.39 Å². The fourth-order valence-electron chi connectivity index (χ4n) is 1.56. The van der Waals surface area contributed by atoms with Gasteiger partial charge in [0.1, 0.15) is 5.82 Å². The number of nitrogens with one attached hydrogen (secondary N) is 1. The molecule has 2 rings (SSSR count). The Morgan fingerprint density at radius 3 is 2.88 bits per heavy atom. The molecule has 1 N–H and O–H groups in total. The smallest absolute Gasteiger partial charge is 0.141 e. The molecule has 2 aromatic rings. The van der Waals surface area contributed by atoms with Gasteiger partial charge in [-0.2, -0.15) is 0 Å². The van der Waals surface area contributed by atoms with Crippen LogP contribution in [0, 0.1) is 5.82 Å². The van der Waals surface area contributed by atoms with Gasteiger partial charge in [-0.3, -0.25) is 9.97 Å². The molecule has 2 heterocycles. The molecule has 0 aromatic carbocycles. The molecule has 0 fully saturated rings. The molecule has 4 heteroatoms. The molecular formula is C13H14FN3. The average molecular weight is 231 g/mol. The highest BCUT2D eigenvalue weighted by molar-refractivity contribution is 5.15. The molecule has 0 radical (unpaired) electrons. The molecule has 0 aliphatic heterocycles. The van der Waals surface area contributed by atoms with Crippen LogP contribution in [-0.2, 0) is 6.54 Å². The molecular weight excluding hydrogens is 217 g/mol. The zero-order chi connectivity index (χ0) is 12.1. The lowest BCUT2D eigenvalue weighted by Crippen LogP contribution is -2.18. The molecule has 1 atom stereocenters. The summed E-state index contributed by atoms with van der Waals surface area (Å²) in [6, 6.07) is 5.44. The Labute approximate surface area is 99.7 Å². The highest BCUT2D eigenvalue weighted by Crippen LogP contribution is 2.12.